The molecule has 2 aliphatic heterocycles. The highest BCUT2D eigenvalue weighted by atomic mass is 127. The minimum absolute atomic E-state index is 0. The summed E-state index contributed by atoms with van der Waals surface area (Å²) >= 11 is 0. The summed E-state index contributed by atoms with van der Waals surface area (Å²) in [6.45, 7) is 4.88. The Morgan fingerprint density at radius 3 is 2.68 bits per heavy atom. The van der Waals surface area contributed by atoms with Gasteiger partial charge in [0.15, 0.2) is 5.96 Å². The standard InChI is InChI=1S/C15H25N5O.HI/c1-9-12(10(2)20(4)19-9)8-17-15(16-3)18-13-7-11-5-6-14(13)21-11;/h11,13-14H,5-8H2,1-4H3,(H2,16,17,18);1H. The number of rotatable bonds is 3. The lowest BCUT2D eigenvalue weighted by molar-refractivity contribution is 0.0992. The number of nitrogens with one attached hydrogen (secondary N) is 2. The fraction of sp³-hybridized carbons (Fsp3) is 0.733. The summed E-state index contributed by atoms with van der Waals surface area (Å²) < 4.78 is 7.80. The molecule has 1 aromatic rings. The van der Waals surface area contributed by atoms with Crippen molar-refractivity contribution < 1.29 is 4.74 Å². The molecule has 0 amide bonds. The summed E-state index contributed by atoms with van der Waals surface area (Å²) in [5.74, 6) is 0.846. The smallest absolute Gasteiger partial charge is 0.191 e. The first-order chi connectivity index (χ1) is 10.1. The van der Waals surface area contributed by atoms with Gasteiger partial charge < -0.3 is 15.4 Å². The highest BCUT2D eigenvalue weighted by Gasteiger charge is 2.41. The predicted octanol–water partition coefficient (Wildman–Crippen LogP) is 1.64. The second kappa shape index (κ2) is 7.16. The average Bonchev–Trinajstić information content (AvgIpc) is 3.13. The maximum absolute atomic E-state index is 5.88. The molecule has 2 saturated heterocycles. The predicted molar refractivity (Wildman–Crippen MR) is 97.7 cm³/mol. The Hall–Kier alpha value is -0.830. The second-order valence-corrected chi connectivity index (χ2v) is 6.06. The highest BCUT2D eigenvalue weighted by Crippen LogP contribution is 2.34. The molecule has 7 heteroatoms. The molecule has 3 unspecified atom stereocenters. The van der Waals surface area contributed by atoms with Crippen molar-refractivity contribution in [3.05, 3.63) is 17.0 Å². The summed E-state index contributed by atoms with van der Waals surface area (Å²) in [4.78, 5) is 4.33. The van der Waals surface area contributed by atoms with Crippen LogP contribution in [0.1, 0.15) is 36.2 Å². The maximum atomic E-state index is 5.88. The van der Waals surface area contributed by atoms with E-state index in [1.165, 1.54) is 24.1 Å². The summed E-state index contributed by atoms with van der Waals surface area (Å²) in [5, 5.41) is 11.3. The number of nitrogens with zero attached hydrogens (tertiary/aromatic N) is 3. The number of aliphatic imine (C=N–C) groups is 1. The number of hydrogen-bond acceptors (Lipinski definition) is 3. The van der Waals surface area contributed by atoms with Gasteiger partial charge in [0.2, 0.25) is 0 Å². The van der Waals surface area contributed by atoms with Crippen LogP contribution in [0.5, 0.6) is 0 Å². The Morgan fingerprint density at radius 1 is 1.41 bits per heavy atom. The number of ether oxygens (including phenoxy) is 1. The van der Waals surface area contributed by atoms with Crippen LogP contribution in [0, 0.1) is 13.8 Å². The van der Waals surface area contributed by atoms with Crippen LogP contribution in [0.25, 0.3) is 0 Å². The third-order valence-electron chi connectivity index (χ3n) is 4.74. The molecular formula is C15H26IN5O. The van der Waals surface area contributed by atoms with Crippen LogP contribution in [0.2, 0.25) is 0 Å². The van der Waals surface area contributed by atoms with E-state index in [-0.39, 0.29) is 24.0 Å². The van der Waals surface area contributed by atoms with Crippen LogP contribution in [-0.4, -0.2) is 41.0 Å². The van der Waals surface area contributed by atoms with Gasteiger partial charge in [0.1, 0.15) is 0 Å². The van der Waals surface area contributed by atoms with Gasteiger partial charge in [-0.05, 0) is 33.1 Å². The fourth-order valence-corrected chi connectivity index (χ4v) is 3.41. The highest BCUT2D eigenvalue weighted by molar-refractivity contribution is 14.0. The fourth-order valence-electron chi connectivity index (χ4n) is 3.41. The van der Waals surface area contributed by atoms with E-state index in [9.17, 15) is 0 Å². The lowest BCUT2D eigenvalue weighted by Crippen LogP contribution is -2.47. The van der Waals surface area contributed by atoms with E-state index in [0.717, 1.165) is 24.6 Å². The van der Waals surface area contributed by atoms with Gasteiger partial charge in [0, 0.05) is 31.9 Å². The molecule has 1 aromatic heterocycles. The van der Waals surface area contributed by atoms with Gasteiger partial charge in [-0.1, -0.05) is 0 Å². The molecule has 0 saturated carbocycles. The van der Waals surface area contributed by atoms with Gasteiger partial charge in [0.05, 0.1) is 23.9 Å². The lowest BCUT2D eigenvalue weighted by atomic mass is 9.96. The molecule has 3 rings (SSSR count). The molecule has 22 heavy (non-hydrogen) atoms. The van der Waals surface area contributed by atoms with E-state index >= 15 is 0 Å². The SMILES string of the molecule is CN=C(NCc1c(C)nn(C)c1C)NC1CC2CCC1O2.I. The summed E-state index contributed by atoms with van der Waals surface area (Å²) in [6.07, 6.45) is 4.28. The maximum Gasteiger partial charge on any atom is 0.191 e. The normalized spacial score (nSPS) is 26.9. The third-order valence-corrected chi connectivity index (χ3v) is 4.74. The third kappa shape index (κ3) is 3.40. The van der Waals surface area contributed by atoms with Crippen molar-refractivity contribution in [1.29, 1.82) is 0 Å². The van der Waals surface area contributed by atoms with Gasteiger partial charge in [-0.3, -0.25) is 9.67 Å². The van der Waals surface area contributed by atoms with Crippen molar-refractivity contribution in [3.8, 4) is 0 Å². The zero-order valence-electron chi connectivity index (χ0n) is 13.7. The van der Waals surface area contributed by atoms with Gasteiger partial charge in [-0.25, -0.2) is 0 Å². The lowest BCUT2D eigenvalue weighted by Gasteiger charge is -2.22. The van der Waals surface area contributed by atoms with Gasteiger partial charge in [-0.15, -0.1) is 24.0 Å². The van der Waals surface area contributed by atoms with E-state index < -0.39 is 0 Å². The van der Waals surface area contributed by atoms with E-state index in [1.807, 2.05) is 25.7 Å². The molecule has 0 spiro atoms. The molecule has 124 valence electrons. The number of aromatic nitrogens is 2. The Morgan fingerprint density at radius 2 is 2.18 bits per heavy atom. The van der Waals surface area contributed by atoms with E-state index in [4.69, 9.17) is 4.74 Å². The summed E-state index contributed by atoms with van der Waals surface area (Å²) in [7, 11) is 3.79. The minimum atomic E-state index is 0. The van der Waals surface area contributed by atoms with Crippen LogP contribution >= 0.6 is 24.0 Å². The zero-order chi connectivity index (χ0) is 15.0. The zero-order valence-corrected chi connectivity index (χ0v) is 16.0. The number of hydrogen-bond donors (Lipinski definition) is 2. The number of halogens is 1. The van der Waals surface area contributed by atoms with Crippen LogP contribution in [-0.2, 0) is 18.3 Å². The first-order valence-corrected chi connectivity index (χ1v) is 7.70. The molecule has 2 fully saturated rings. The minimum Gasteiger partial charge on any atom is -0.373 e. The Balaban J connectivity index is 0.00000176. The first kappa shape index (κ1) is 17.5. The molecule has 0 aliphatic carbocycles. The average molecular weight is 419 g/mol. The van der Waals surface area contributed by atoms with Crippen molar-refractivity contribution in [3.63, 3.8) is 0 Å². The molecule has 0 aromatic carbocycles. The Kier molecular flexibility index (Phi) is 5.70. The van der Waals surface area contributed by atoms with E-state index in [0.29, 0.717) is 18.2 Å². The molecule has 2 bridgehead atoms. The quantitative estimate of drug-likeness (QED) is 0.444. The van der Waals surface area contributed by atoms with Crippen LogP contribution in [0.15, 0.2) is 4.99 Å². The molecular weight excluding hydrogens is 393 g/mol. The molecule has 6 nitrogen and oxygen atoms in total. The monoisotopic (exact) mass is 419 g/mol. The molecule has 2 aliphatic rings. The van der Waals surface area contributed by atoms with Crippen molar-refractivity contribution in [2.45, 2.75) is 57.9 Å². The van der Waals surface area contributed by atoms with Crippen LogP contribution in [0.4, 0.5) is 0 Å². The van der Waals surface area contributed by atoms with Crippen molar-refractivity contribution in [2.24, 2.45) is 12.0 Å². The molecule has 3 atom stereocenters. The number of aryl methyl sites for hydroxylation is 2. The van der Waals surface area contributed by atoms with Gasteiger partial charge in [-0.2, -0.15) is 5.10 Å². The van der Waals surface area contributed by atoms with E-state index in [2.05, 4.69) is 27.6 Å². The second-order valence-electron chi connectivity index (χ2n) is 6.06. The number of guanidine groups is 1. The molecule has 3 heterocycles. The van der Waals surface area contributed by atoms with Crippen LogP contribution < -0.4 is 10.6 Å². The van der Waals surface area contributed by atoms with Crippen molar-refractivity contribution in [1.82, 2.24) is 20.4 Å². The van der Waals surface area contributed by atoms with Crippen molar-refractivity contribution >= 4 is 29.9 Å². The van der Waals surface area contributed by atoms with E-state index in [1.54, 1.807) is 0 Å². The van der Waals surface area contributed by atoms with Crippen LogP contribution in [0.3, 0.4) is 0 Å². The van der Waals surface area contributed by atoms with Gasteiger partial charge >= 0.3 is 0 Å². The van der Waals surface area contributed by atoms with Crippen molar-refractivity contribution in [2.75, 3.05) is 7.05 Å². The Labute approximate surface area is 149 Å². The number of fused-ring (bicyclic) bond motifs is 2. The largest absolute Gasteiger partial charge is 0.373 e. The Bertz CT molecular complexity index is 556. The first-order valence-electron chi connectivity index (χ1n) is 7.70. The summed E-state index contributed by atoms with van der Waals surface area (Å²) in [6, 6.07) is 0.394. The summed E-state index contributed by atoms with van der Waals surface area (Å²) in [5.41, 5.74) is 3.50. The molecule has 0 radical (unpaired) electrons. The molecule has 2 N–H and O–H groups in total. The topological polar surface area (TPSA) is 63.5 Å². The van der Waals surface area contributed by atoms with Gasteiger partial charge in [0.25, 0.3) is 0 Å².